The molecule has 1 aliphatic rings. The minimum atomic E-state index is -0.581. The van der Waals surface area contributed by atoms with Crippen molar-refractivity contribution in [1.29, 1.82) is 0 Å². The van der Waals surface area contributed by atoms with Crippen molar-refractivity contribution in [3.63, 3.8) is 0 Å². The van der Waals surface area contributed by atoms with E-state index < -0.39 is 12.0 Å². The molecule has 2 N–H and O–H groups in total. The van der Waals surface area contributed by atoms with Gasteiger partial charge in [0.1, 0.15) is 0 Å². The van der Waals surface area contributed by atoms with E-state index in [-0.39, 0.29) is 29.8 Å². The SMILES string of the molecule is Cc1ccc(O)c(NC(=O)[C@@H]2CC(=O)N(C)[C@@H]2c2cnn(C)c2C)n1. The minimum absolute atomic E-state index is 0.102. The summed E-state index contributed by atoms with van der Waals surface area (Å²) in [5, 5.41) is 16.8. The van der Waals surface area contributed by atoms with Gasteiger partial charge < -0.3 is 15.3 Å². The third-order valence-electron chi connectivity index (χ3n) is 4.77. The van der Waals surface area contributed by atoms with E-state index in [1.54, 1.807) is 35.8 Å². The van der Waals surface area contributed by atoms with E-state index in [9.17, 15) is 14.7 Å². The lowest BCUT2D eigenvalue weighted by molar-refractivity contribution is -0.128. The van der Waals surface area contributed by atoms with Crippen molar-refractivity contribution in [2.24, 2.45) is 13.0 Å². The number of hydrogen-bond acceptors (Lipinski definition) is 5. The van der Waals surface area contributed by atoms with Crippen molar-refractivity contribution in [3.05, 3.63) is 35.3 Å². The molecule has 0 spiro atoms. The van der Waals surface area contributed by atoms with Crippen LogP contribution in [0.2, 0.25) is 0 Å². The highest BCUT2D eigenvalue weighted by molar-refractivity contribution is 5.98. The molecule has 8 heteroatoms. The molecule has 0 aromatic carbocycles. The third-order valence-corrected chi connectivity index (χ3v) is 4.77. The molecule has 2 aromatic rings. The first kappa shape index (κ1) is 16.9. The highest BCUT2D eigenvalue weighted by atomic mass is 16.3. The van der Waals surface area contributed by atoms with Crippen LogP contribution in [0.1, 0.15) is 29.4 Å². The summed E-state index contributed by atoms with van der Waals surface area (Å²) in [6.07, 6.45) is 1.80. The predicted molar refractivity (Wildman–Crippen MR) is 90.8 cm³/mol. The molecule has 132 valence electrons. The number of pyridine rings is 1. The number of carbonyl (C=O) groups excluding carboxylic acids is 2. The van der Waals surface area contributed by atoms with Crippen molar-refractivity contribution >= 4 is 17.6 Å². The summed E-state index contributed by atoms with van der Waals surface area (Å²) in [7, 11) is 3.51. The van der Waals surface area contributed by atoms with Crippen LogP contribution in [0.25, 0.3) is 0 Å². The Morgan fingerprint density at radius 1 is 1.32 bits per heavy atom. The molecule has 2 amide bonds. The van der Waals surface area contributed by atoms with Gasteiger partial charge in [-0.3, -0.25) is 14.3 Å². The standard InChI is InChI=1S/C17H21N5O3/c1-9-5-6-13(23)16(19-9)20-17(25)11-7-14(24)21(3)15(11)12-8-18-22(4)10(12)2/h5-6,8,11,15,23H,7H2,1-4H3,(H,19,20,25)/t11-,15+/m1/s1. The molecule has 3 heterocycles. The van der Waals surface area contributed by atoms with E-state index in [1.807, 2.05) is 14.0 Å². The molecule has 2 atom stereocenters. The van der Waals surface area contributed by atoms with E-state index >= 15 is 0 Å². The summed E-state index contributed by atoms with van der Waals surface area (Å²) in [6, 6.07) is 2.74. The molecule has 1 aliphatic heterocycles. The Hall–Kier alpha value is -2.90. The molecule has 8 nitrogen and oxygen atoms in total. The van der Waals surface area contributed by atoms with E-state index in [4.69, 9.17) is 0 Å². The second-order valence-electron chi connectivity index (χ2n) is 6.38. The van der Waals surface area contributed by atoms with Gasteiger partial charge >= 0.3 is 0 Å². The van der Waals surface area contributed by atoms with Crippen LogP contribution >= 0.6 is 0 Å². The molecule has 0 aliphatic carbocycles. The Balaban J connectivity index is 1.91. The molecule has 0 radical (unpaired) electrons. The summed E-state index contributed by atoms with van der Waals surface area (Å²) in [5.41, 5.74) is 2.42. The van der Waals surface area contributed by atoms with Crippen LogP contribution in [0.3, 0.4) is 0 Å². The van der Waals surface area contributed by atoms with Gasteiger partial charge in [0, 0.05) is 37.5 Å². The summed E-state index contributed by atoms with van der Waals surface area (Å²) in [6.45, 7) is 3.67. The van der Waals surface area contributed by atoms with Crippen molar-refractivity contribution in [2.45, 2.75) is 26.3 Å². The van der Waals surface area contributed by atoms with Crippen LogP contribution in [0.15, 0.2) is 18.3 Å². The van der Waals surface area contributed by atoms with Gasteiger partial charge in [-0.1, -0.05) is 0 Å². The lowest BCUT2D eigenvalue weighted by Gasteiger charge is -2.24. The lowest BCUT2D eigenvalue weighted by Crippen LogP contribution is -2.30. The first-order valence-electron chi connectivity index (χ1n) is 8.01. The first-order valence-corrected chi connectivity index (χ1v) is 8.01. The summed E-state index contributed by atoms with van der Waals surface area (Å²) in [5.74, 6) is -1.03. The van der Waals surface area contributed by atoms with E-state index in [1.165, 1.54) is 6.07 Å². The maximum atomic E-state index is 12.8. The zero-order valence-electron chi connectivity index (χ0n) is 14.6. The number of hydrogen-bond donors (Lipinski definition) is 2. The quantitative estimate of drug-likeness (QED) is 0.875. The van der Waals surface area contributed by atoms with Crippen molar-refractivity contribution in [3.8, 4) is 5.75 Å². The third kappa shape index (κ3) is 2.95. The Bertz CT molecular complexity index is 845. The number of amides is 2. The van der Waals surface area contributed by atoms with Gasteiger partial charge in [-0.15, -0.1) is 0 Å². The predicted octanol–water partition coefficient (Wildman–Crippen LogP) is 1.30. The molecule has 2 aromatic heterocycles. The summed E-state index contributed by atoms with van der Waals surface area (Å²) >= 11 is 0. The average molecular weight is 343 g/mol. The lowest BCUT2D eigenvalue weighted by atomic mass is 9.93. The Kier molecular flexibility index (Phi) is 4.20. The number of nitrogens with one attached hydrogen (secondary N) is 1. The number of likely N-dealkylation sites (tertiary alicyclic amines) is 1. The van der Waals surface area contributed by atoms with Crippen LogP contribution in [0.4, 0.5) is 5.82 Å². The minimum Gasteiger partial charge on any atom is -0.504 e. The van der Waals surface area contributed by atoms with Crippen molar-refractivity contribution < 1.29 is 14.7 Å². The van der Waals surface area contributed by atoms with Crippen LogP contribution in [0.5, 0.6) is 5.75 Å². The second kappa shape index (κ2) is 6.19. The average Bonchev–Trinajstić information content (AvgIpc) is 3.04. The Labute approximate surface area is 145 Å². The topological polar surface area (TPSA) is 100 Å². The molecule has 1 saturated heterocycles. The molecule has 1 fully saturated rings. The molecule has 0 unspecified atom stereocenters. The zero-order valence-corrected chi connectivity index (χ0v) is 14.6. The highest BCUT2D eigenvalue weighted by Gasteiger charge is 2.44. The maximum Gasteiger partial charge on any atom is 0.231 e. The summed E-state index contributed by atoms with van der Waals surface area (Å²) < 4.78 is 1.72. The van der Waals surface area contributed by atoms with Gasteiger partial charge in [0.05, 0.1) is 18.2 Å². The van der Waals surface area contributed by atoms with Crippen LogP contribution < -0.4 is 5.32 Å². The Morgan fingerprint density at radius 2 is 2.04 bits per heavy atom. The number of aryl methyl sites for hydroxylation is 2. The molecule has 25 heavy (non-hydrogen) atoms. The number of aromatic hydroxyl groups is 1. The molecule has 0 saturated carbocycles. The number of nitrogens with zero attached hydrogens (tertiary/aromatic N) is 4. The normalized spacial score (nSPS) is 20.2. The summed E-state index contributed by atoms with van der Waals surface area (Å²) in [4.78, 5) is 30.7. The number of rotatable bonds is 3. The van der Waals surface area contributed by atoms with Crippen LogP contribution in [-0.4, -0.2) is 43.6 Å². The number of anilines is 1. The van der Waals surface area contributed by atoms with Gasteiger partial charge in [-0.2, -0.15) is 5.10 Å². The Morgan fingerprint density at radius 3 is 2.68 bits per heavy atom. The van der Waals surface area contributed by atoms with Gasteiger partial charge in [-0.05, 0) is 26.0 Å². The monoisotopic (exact) mass is 343 g/mol. The van der Waals surface area contributed by atoms with Crippen LogP contribution in [0, 0.1) is 19.8 Å². The van der Waals surface area contributed by atoms with E-state index in [0.717, 1.165) is 11.3 Å². The van der Waals surface area contributed by atoms with Crippen molar-refractivity contribution in [1.82, 2.24) is 19.7 Å². The van der Waals surface area contributed by atoms with Gasteiger partial charge in [0.25, 0.3) is 0 Å². The van der Waals surface area contributed by atoms with Crippen molar-refractivity contribution in [2.75, 3.05) is 12.4 Å². The second-order valence-corrected chi connectivity index (χ2v) is 6.38. The number of carbonyl (C=O) groups is 2. The maximum absolute atomic E-state index is 12.8. The van der Waals surface area contributed by atoms with Gasteiger partial charge in [0.2, 0.25) is 11.8 Å². The van der Waals surface area contributed by atoms with E-state index in [2.05, 4.69) is 15.4 Å². The fraction of sp³-hybridized carbons (Fsp3) is 0.412. The molecule has 3 rings (SSSR count). The highest BCUT2D eigenvalue weighted by Crippen LogP contribution is 2.39. The van der Waals surface area contributed by atoms with Gasteiger partial charge in [-0.25, -0.2) is 4.98 Å². The van der Waals surface area contributed by atoms with Crippen LogP contribution in [-0.2, 0) is 16.6 Å². The van der Waals surface area contributed by atoms with E-state index in [0.29, 0.717) is 5.69 Å². The fourth-order valence-corrected chi connectivity index (χ4v) is 3.19. The zero-order chi connectivity index (χ0) is 18.3. The first-order chi connectivity index (χ1) is 11.8. The smallest absolute Gasteiger partial charge is 0.231 e. The number of aromatic nitrogens is 3. The largest absolute Gasteiger partial charge is 0.504 e. The molecular weight excluding hydrogens is 322 g/mol. The molecular formula is C17H21N5O3. The fourth-order valence-electron chi connectivity index (χ4n) is 3.19. The molecule has 0 bridgehead atoms. The van der Waals surface area contributed by atoms with Gasteiger partial charge in [0.15, 0.2) is 11.6 Å².